The van der Waals surface area contributed by atoms with Crippen molar-refractivity contribution in [3.63, 3.8) is 0 Å². The molecule has 0 aliphatic rings. The van der Waals surface area contributed by atoms with Crippen LogP contribution in [0.2, 0.25) is 0 Å². The number of ether oxygens (including phenoxy) is 1. The van der Waals surface area contributed by atoms with Gasteiger partial charge in [-0.1, -0.05) is 11.6 Å². The molecule has 0 spiro atoms. The van der Waals surface area contributed by atoms with E-state index in [4.69, 9.17) is 9.84 Å². The molecule has 0 saturated heterocycles. The summed E-state index contributed by atoms with van der Waals surface area (Å²) in [5.74, 6) is 0. The van der Waals surface area contributed by atoms with Gasteiger partial charge in [0.25, 0.3) is 0 Å². The standard InChI is InChI=1S/C15H27NO4/c1-7-8-16(14(19)20-15(4,5)6)12(9-11(2)3)13(18)10-17/h7,12-13,17-18H,1-2,8-10H2,3-6H3/t12-,13+/m0/s1. The molecule has 0 aromatic carbocycles. The second-order valence-electron chi connectivity index (χ2n) is 5.90. The molecule has 0 radical (unpaired) electrons. The summed E-state index contributed by atoms with van der Waals surface area (Å²) in [5, 5.41) is 19.1. The molecule has 5 heteroatoms. The van der Waals surface area contributed by atoms with E-state index in [9.17, 15) is 9.90 Å². The molecule has 116 valence electrons. The number of amides is 1. The van der Waals surface area contributed by atoms with Gasteiger partial charge >= 0.3 is 6.09 Å². The fourth-order valence-electron chi connectivity index (χ4n) is 1.74. The van der Waals surface area contributed by atoms with Crippen LogP contribution in [0.15, 0.2) is 24.8 Å². The molecule has 0 heterocycles. The fraction of sp³-hybridized carbons (Fsp3) is 0.667. The van der Waals surface area contributed by atoms with E-state index in [2.05, 4.69) is 13.2 Å². The van der Waals surface area contributed by atoms with E-state index >= 15 is 0 Å². The molecule has 5 nitrogen and oxygen atoms in total. The molecule has 1 amide bonds. The zero-order valence-electron chi connectivity index (χ0n) is 12.9. The van der Waals surface area contributed by atoms with Crippen LogP contribution in [0.1, 0.15) is 34.1 Å². The van der Waals surface area contributed by atoms with Gasteiger partial charge in [-0.2, -0.15) is 0 Å². The third-order valence-corrected chi connectivity index (χ3v) is 2.54. The van der Waals surface area contributed by atoms with Crippen molar-refractivity contribution in [2.24, 2.45) is 0 Å². The van der Waals surface area contributed by atoms with Crippen LogP contribution in [0, 0.1) is 0 Å². The van der Waals surface area contributed by atoms with Gasteiger partial charge in [0.1, 0.15) is 5.60 Å². The van der Waals surface area contributed by atoms with E-state index in [-0.39, 0.29) is 6.54 Å². The van der Waals surface area contributed by atoms with Crippen molar-refractivity contribution in [2.75, 3.05) is 13.2 Å². The van der Waals surface area contributed by atoms with Gasteiger partial charge in [0, 0.05) is 6.54 Å². The van der Waals surface area contributed by atoms with E-state index in [1.54, 1.807) is 33.8 Å². The molecule has 0 rings (SSSR count). The van der Waals surface area contributed by atoms with Crippen molar-refractivity contribution in [2.45, 2.75) is 51.9 Å². The third kappa shape index (κ3) is 6.73. The Morgan fingerprint density at radius 2 is 2.00 bits per heavy atom. The molecule has 0 aromatic rings. The first kappa shape index (κ1) is 18.7. The van der Waals surface area contributed by atoms with Crippen molar-refractivity contribution < 1.29 is 19.7 Å². The van der Waals surface area contributed by atoms with E-state index in [1.165, 1.54) is 4.90 Å². The molecular weight excluding hydrogens is 258 g/mol. The number of aliphatic hydroxyl groups is 2. The van der Waals surface area contributed by atoms with Gasteiger partial charge in [0.05, 0.1) is 18.8 Å². The van der Waals surface area contributed by atoms with Gasteiger partial charge in [-0.3, -0.25) is 4.90 Å². The fourth-order valence-corrected chi connectivity index (χ4v) is 1.74. The lowest BCUT2D eigenvalue weighted by atomic mass is 10.0. The molecule has 2 N–H and O–H groups in total. The number of aliphatic hydroxyl groups excluding tert-OH is 2. The van der Waals surface area contributed by atoms with Gasteiger partial charge in [-0.15, -0.1) is 13.2 Å². The van der Waals surface area contributed by atoms with Gasteiger partial charge in [-0.25, -0.2) is 4.79 Å². The number of hydrogen-bond acceptors (Lipinski definition) is 4. The lowest BCUT2D eigenvalue weighted by molar-refractivity contribution is -0.0148. The summed E-state index contributed by atoms with van der Waals surface area (Å²) in [4.78, 5) is 13.6. The summed E-state index contributed by atoms with van der Waals surface area (Å²) in [5.41, 5.74) is 0.175. The largest absolute Gasteiger partial charge is 0.444 e. The Bertz CT molecular complexity index is 346. The molecule has 0 bridgehead atoms. The summed E-state index contributed by atoms with van der Waals surface area (Å²) >= 11 is 0. The highest BCUT2D eigenvalue weighted by molar-refractivity contribution is 5.69. The molecule has 0 saturated carbocycles. The average Bonchev–Trinajstić information content (AvgIpc) is 2.29. The van der Waals surface area contributed by atoms with Crippen molar-refractivity contribution in [3.8, 4) is 0 Å². The van der Waals surface area contributed by atoms with E-state index in [0.717, 1.165) is 5.57 Å². The number of carbonyl (C=O) groups is 1. The van der Waals surface area contributed by atoms with Crippen molar-refractivity contribution >= 4 is 6.09 Å². The maximum Gasteiger partial charge on any atom is 0.410 e. The lowest BCUT2D eigenvalue weighted by Crippen LogP contribution is -2.50. The van der Waals surface area contributed by atoms with Crippen LogP contribution in [0.5, 0.6) is 0 Å². The van der Waals surface area contributed by atoms with Crippen LogP contribution in [-0.2, 0) is 4.74 Å². The Kier molecular flexibility index (Phi) is 7.53. The van der Waals surface area contributed by atoms with Gasteiger partial charge in [-0.05, 0) is 34.1 Å². The van der Waals surface area contributed by atoms with E-state index < -0.39 is 30.4 Å². The molecule has 20 heavy (non-hydrogen) atoms. The summed E-state index contributed by atoms with van der Waals surface area (Å²) in [7, 11) is 0. The smallest absolute Gasteiger partial charge is 0.410 e. The summed E-state index contributed by atoms with van der Waals surface area (Å²) in [6.07, 6.45) is 0.337. The monoisotopic (exact) mass is 285 g/mol. The van der Waals surface area contributed by atoms with Crippen molar-refractivity contribution in [1.82, 2.24) is 4.90 Å². The van der Waals surface area contributed by atoms with Gasteiger partial charge in [0.15, 0.2) is 0 Å². The number of hydrogen-bond donors (Lipinski definition) is 2. The Morgan fingerprint density at radius 1 is 1.45 bits per heavy atom. The quantitative estimate of drug-likeness (QED) is 0.703. The highest BCUT2D eigenvalue weighted by Crippen LogP contribution is 2.18. The minimum Gasteiger partial charge on any atom is -0.444 e. The predicted octanol–water partition coefficient (Wildman–Crippen LogP) is 2.10. The molecule has 0 unspecified atom stereocenters. The Morgan fingerprint density at radius 3 is 2.35 bits per heavy atom. The SMILES string of the molecule is C=CCN(C(=O)OC(C)(C)C)[C@@H](CC(=C)C)[C@H](O)CO. The van der Waals surface area contributed by atoms with Gasteiger partial charge < -0.3 is 14.9 Å². The Labute approximate surface area is 121 Å². The minimum atomic E-state index is -1.06. The predicted molar refractivity (Wildman–Crippen MR) is 79.4 cm³/mol. The second-order valence-corrected chi connectivity index (χ2v) is 5.90. The Hall–Kier alpha value is -1.33. The van der Waals surface area contributed by atoms with Crippen molar-refractivity contribution in [3.05, 3.63) is 24.8 Å². The normalized spacial score (nSPS) is 14.3. The number of rotatable bonds is 7. The maximum absolute atomic E-state index is 12.2. The first-order valence-electron chi connectivity index (χ1n) is 6.66. The van der Waals surface area contributed by atoms with E-state index in [0.29, 0.717) is 6.42 Å². The Balaban J connectivity index is 5.19. The van der Waals surface area contributed by atoms with Crippen molar-refractivity contribution in [1.29, 1.82) is 0 Å². The lowest BCUT2D eigenvalue weighted by Gasteiger charge is -2.35. The highest BCUT2D eigenvalue weighted by Gasteiger charge is 2.31. The van der Waals surface area contributed by atoms with Crippen LogP contribution in [0.3, 0.4) is 0 Å². The van der Waals surface area contributed by atoms with Crippen LogP contribution < -0.4 is 0 Å². The average molecular weight is 285 g/mol. The number of carbonyl (C=O) groups excluding carboxylic acids is 1. The van der Waals surface area contributed by atoms with Crippen LogP contribution in [0.25, 0.3) is 0 Å². The molecule has 0 fully saturated rings. The zero-order valence-corrected chi connectivity index (χ0v) is 12.9. The highest BCUT2D eigenvalue weighted by atomic mass is 16.6. The second kappa shape index (κ2) is 8.07. The summed E-state index contributed by atoms with van der Waals surface area (Å²) in [6, 6.07) is -0.592. The molecule has 2 atom stereocenters. The third-order valence-electron chi connectivity index (χ3n) is 2.54. The molecule has 0 aliphatic carbocycles. The summed E-state index contributed by atoms with van der Waals surface area (Å²) in [6.45, 7) is 14.3. The maximum atomic E-state index is 12.2. The number of nitrogens with zero attached hydrogens (tertiary/aromatic N) is 1. The first-order valence-corrected chi connectivity index (χ1v) is 6.66. The molecule has 0 aliphatic heterocycles. The first-order chi connectivity index (χ1) is 9.12. The minimum absolute atomic E-state index is 0.226. The van der Waals surface area contributed by atoms with Crippen LogP contribution in [0.4, 0.5) is 4.79 Å². The summed E-state index contributed by atoms with van der Waals surface area (Å²) < 4.78 is 5.33. The molecular formula is C15H27NO4. The zero-order chi connectivity index (χ0) is 15.9. The van der Waals surface area contributed by atoms with Gasteiger partial charge in [0.2, 0.25) is 0 Å². The molecule has 0 aromatic heterocycles. The topological polar surface area (TPSA) is 70.0 Å². The van der Waals surface area contributed by atoms with Crippen LogP contribution >= 0.6 is 0 Å². The van der Waals surface area contributed by atoms with E-state index in [1.807, 2.05) is 0 Å². The van der Waals surface area contributed by atoms with Crippen LogP contribution in [-0.4, -0.2) is 52.1 Å².